The largest absolute Gasteiger partial charge is 0.378 e. The molecule has 0 saturated heterocycles. The number of carbonyl (C=O) groups excluding carboxylic acids is 5. The highest BCUT2D eigenvalue weighted by Gasteiger charge is 2.34. The van der Waals surface area contributed by atoms with Gasteiger partial charge in [0.1, 0.15) is 11.3 Å². The number of ketones is 1. The van der Waals surface area contributed by atoms with Gasteiger partial charge in [-0.25, -0.2) is 0 Å². The molecule has 0 aromatic rings. The number of ether oxygens (including phenoxy) is 3. The van der Waals surface area contributed by atoms with E-state index in [1.54, 1.807) is 0 Å². The molecule has 0 heterocycles. The van der Waals surface area contributed by atoms with E-state index in [1.807, 2.05) is 0 Å². The number of hydrogen-bond donors (Lipinski definition) is 7. The zero-order valence-corrected chi connectivity index (χ0v) is 26.6. The topological polar surface area (TPSA) is 239 Å². The van der Waals surface area contributed by atoms with Crippen molar-refractivity contribution in [2.75, 3.05) is 78.9 Å². The summed E-state index contributed by atoms with van der Waals surface area (Å²) in [6.07, 6.45) is 3.97. The molecule has 0 aliphatic heterocycles. The van der Waals surface area contributed by atoms with Crippen molar-refractivity contribution in [3.63, 3.8) is 0 Å². The molecule has 0 unspecified atom stereocenters. The van der Waals surface area contributed by atoms with E-state index in [0.717, 1.165) is 12.8 Å². The SMILES string of the molecule is CC(=O)CCCC(=O)NC(COCCC(=O)NCCCN)(COCCC(=O)NCCCN)COCCC(=O)NCCCCN. The van der Waals surface area contributed by atoms with Crippen LogP contribution in [0.1, 0.15) is 71.1 Å². The van der Waals surface area contributed by atoms with Gasteiger partial charge in [0, 0.05) is 51.7 Å². The van der Waals surface area contributed by atoms with Gasteiger partial charge in [0.15, 0.2) is 0 Å². The van der Waals surface area contributed by atoms with E-state index in [2.05, 4.69) is 21.3 Å². The average Bonchev–Trinajstić information content (AvgIpc) is 2.98. The van der Waals surface area contributed by atoms with Crippen LogP contribution in [0.25, 0.3) is 0 Å². The van der Waals surface area contributed by atoms with E-state index >= 15 is 0 Å². The summed E-state index contributed by atoms with van der Waals surface area (Å²) in [4.78, 5) is 60.6. The lowest BCUT2D eigenvalue weighted by Gasteiger charge is -2.34. The van der Waals surface area contributed by atoms with E-state index in [0.29, 0.717) is 58.5 Å². The van der Waals surface area contributed by atoms with Crippen LogP contribution in [-0.2, 0) is 38.2 Å². The van der Waals surface area contributed by atoms with Gasteiger partial charge in [0.2, 0.25) is 23.6 Å². The lowest BCUT2D eigenvalue weighted by molar-refractivity contribution is -0.131. The minimum Gasteiger partial charge on any atom is -0.378 e. The molecule has 256 valence electrons. The number of carbonyl (C=O) groups is 5. The Balaban J connectivity index is 5.35. The Morgan fingerprint density at radius 1 is 0.523 bits per heavy atom. The molecule has 15 heteroatoms. The molecule has 0 radical (unpaired) electrons. The van der Waals surface area contributed by atoms with Crippen molar-refractivity contribution in [3.8, 4) is 0 Å². The molecule has 44 heavy (non-hydrogen) atoms. The van der Waals surface area contributed by atoms with Crippen LogP contribution in [0.15, 0.2) is 0 Å². The van der Waals surface area contributed by atoms with Crippen molar-refractivity contribution < 1.29 is 38.2 Å². The third kappa shape index (κ3) is 24.7. The maximum absolute atomic E-state index is 12.9. The first-order chi connectivity index (χ1) is 21.2. The molecule has 0 saturated carbocycles. The molecule has 10 N–H and O–H groups in total. The number of rotatable bonds is 30. The number of nitrogens with one attached hydrogen (secondary N) is 4. The first kappa shape index (κ1) is 41.3. The van der Waals surface area contributed by atoms with Crippen molar-refractivity contribution >= 4 is 29.4 Å². The normalized spacial score (nSPS) is 11.2. The molecule has 0 aliphatic carbocycles. The fraction of sp³-hybridized carbons (Fsp3) is 0.828. The summed E-state index contributed by atoms with van der Waals surface area (Å²) in [5.41, 5.74) is 15.2. The molecule has 15 nitrogen and oxygen atoms in total. The first-order valence-corrected chi connectivity index (χ1v) is 15.6. The molecular weight excluding hydrogens is 574 g/mol. The van der Waals surface area contributed by atoms with Gasteiger partial charge in [-0.3, -0.25) is 19.2 Å². The summed E-state index contributed by atoms with van der Waals surface area (Å²) in [6, 6.07) is 0. The Bertz CT molecular complexity index is 787. The number of hydrogen-bond acceptors (Lipinski definition) is 11. The predicted molar refractivity (Wildman–Crippen MR) is 166 cm³/mol. The molecule has 0 atom stereocenters. The molecule has 0 rings (SSSR count). The van der Waals surface area contributed by atoms with Crippen LogP contribution in [0, 0.1) is 0 Å². The van der Waals surface area contributed by atoms with Gasteiger partial charge in [-0.15, -0.1) is 0 Å². The Hall–Kier alpha value is -2.69. The van der Waals surface area contributed by atoms with E-state index in [1.165, 1.54) is 6.92 Å². The van der Waals surface area contributed by atoms with Gasteiger partial charge in [-0.1, -0.05) is 0 Å². The zero-order valence-electron chi connectivity index (χ0n) is 26.6. The highest BCUT2D eigenvalue weighted by Crippen LogP contribution is 2.12. The smallest absolute Gasteiger partial charge is 0.222 e. The summed E-state index contributed by atoms with van der Waals surface area (Å²) in [5.74, 6) is -0.908. The second kappa shape index (κ2) is 27.8. The van der Waals surface area contributed by atoms with Gasteiger partial charge in [-0.2, -0.15) is 0 Å². The highest BCUT2D eigenvalue weighted by atomic mass is 16.5. The Morgan fingerprint density at radius 3 is 1.32 bits per heavy atom. The maximum atomic E-state index is 12.9. The van der Waals surface area contributed by atoms with Crippen molar-refractivity contribution in [3.05, 3.63) is 0 Å². The molecule has 0 aromatic heterocycles. The molecular formula is C29H57N7O8. The quantitative estimate of drug-likeness (QED) is 0.0455. The molecule has 0 aliphatic rings. The molecule has 4 amide bonds. The molecule has 0 spiro atoms. The summed E-state index contributed by atoms with van der Waals surface area (Å²) >= 11 is 0. The summed E-state index contributed by atoms with van der Waals surface area (Å²) < 4.78 is 17.5. The van der Waals surface area contributed by atoms with Gasteiger partial charge in [0.05, 0.1) is 39.6 Å². The predicted octanol–water partition coefficient (Wildman–Crippen LogP) is -1.39. The Kier molecular flexibility index (Phi) is 26.1. The van der Waals surface area contributed by atoms with Crippen molar-refractivity contribution in [1.82, 2.24) is 21.3 Å². The van der Waals surface area contributed by atoms with Gasteiger partial charge >= 0.3 is 0 Å². The Labute approximate surface area is 261 Å². The van der Waals surface area contributed by atoms with E-state index in [4.69, 9.17) is 31.4 Å². The van der Waals surface area contributed by atoms with Gasteiger partial charge < -0.3 is 57.5 Å². The summed E-state index contributed by atoms with van der Waals surface area (Å²) in [5, 5.41) is 11.3. The molecule has 0 aromatic carbocycles. The Morgan fingerprint density at radius 2 is 0.932 bits per heavy atom. The summed E-state index contributed by atoms with van der Waals surface area (Å²) in [6.45, 7) is 4.48. The number of nitrogens with two attached hydrogens (primary N) is 3. The van der Waals surface area contributed by atoms with Gasteiger partial charge in [-0.05, 0) is 58.7 Å². The number of amides is 4. The second-order valence-corrected chi connectivity index (χ2v) is 10.6. The van der Waals surface area contributed by atoms with E-state index in [9.17, 15) is 24.0 Å². The fourth-order valence-electron chi connectivity index (χ4n) is 3.81. The second-order valence-electron chi connectivity index (χ2n) is 10.6. The minimum absolute atomic E-state index is 0.0187. The van der Waals surface area contributed by atoms with Crippen LogP contribution < -0.4 is 38.5 Å². The maximum Gasteiger partial charge on any atom is 0.222 e. The van der Waals surface area contributed by atoms with Crippen LogP contribution >= 0.6 is 0 Å². The lowest BCUT2D eigenvalue weighted by Crippen LogP contribution is -2.58. The average molecular weight is 632 g/mol. The number of Topliss-reactive ketones (excluding diaryl/α,β-unsaturated/α-hetero) is 1. The number of unbranched alkanes of at least 4 members (excludes halogenated alkanes) is 1. The first-order valence-electron chi connectivity index (χ1n) is 15.6. The highest BCUT2D eigenvalue weighted by molar-refractivity contribution is 5.79. The monoisotopic (exact) mass is 631 g/mol. The van der Waals surface area contributed by atoms with Crippen LogP contribution in [0.3, 0.4) is 0 Å². The van der Waals surface area contributed by atoms with Gasteiger partial charge in [0.25, 0.3) is 0 Å². The van der Waals surface area contributed by atoms with E-state index in [-0.39, 0.29) is 101 Å². The van der Waals surface area contributed by atoms with Crippen LogP contribution in [0.5, 0.6) is 0 Å². The third-order valence-electron chi connectivity index (χ3n) is 6.25. The lowest BCUT2D eigenvalue weighted by atomic mass is 10.0. The van der Waals surface area contributed by atoms with E-state index < -0.39 is 5.54 Å². The fourth-order valence-corrected chi connectivity index (χ4v) is 3.81. The van der Waals surface area contributed by atoms with Crippen LogP contribution in [-0.4, -0.2) is 114 Å². The standard InChI is InChI=1S/C29H57N7O8/c1-24(37)7-4-8-28(41)36-29(22-43-19-10-26(39)34-16-5-13-31,23-44-20-11-27(40)35-17-6-14-32)21-42-18-9-25(38)33-15-3-2-12-30/h2-23,30-32H2,1H3,(H,33,38)(H,34,39)(H,35,40)(H,36,41). The molecule has 0 fully saturated rings. The third-order valence-corrected chi connectivity index (χ3v) is 6.25. The summed E-state index contributed by atoms with van der Waals surface area (Å²) in [7, 11) is 0. The van der Waals surface area contributed by atoms with Crippen LogP contribution in [0.2, 0.25) is 0 Å². The van der Waals surface area contributed by atoms with Crippen molar-refractivity contribution in [1.29, 1.82) is 0 Å². The zero-order chi connectivity index (χ0) is 32.9. The van der Waals surface area contributed by atoms with Crippen LogP contribution in [0.4, 0.5) is 0 Å². The minimum atomic E-state index is -1.18. The van der Waals surface area contributed by atoms with Crippen molar-refractivity contribution in [2.24, 2.45) is 17.2 Å². The van der Waals surface area contributed by atoms with Crippen molar-refractivity contribution in [2.45, 2.75) is 76.7 Å². The molecule has 0 bridgehead atoms.